The zero-order chi connectivity index (χ0) is 21.9. The third kappa shape index (κ3) is 4.02. The lowest BCUT2D eigenvalue weighted by molar-refractivity contribution is 0.0746. The molecule has 3 heterocycles. The lowest BCUT2D eigenvalue weighted by Crippen LogP contribution is -2.49. The average molecular weight is 424 g/mol. The number of carbonyl (C=O) groups excluding carboxylic acids is 1. The molecular formula is C26H25N5O. The first kappa shape index (κ1) is 20.1. The Labute approximate surface area is 188 Å². The number of hydrogen-bond acceptors (Lipinski definition) is 5. The van der Waals surface area contributed by atoms with Crippen molar-refractivity contribution >= 4 is 17.4 Å². The van der Waals surface area contributed by atoms with E-state index in [1.165, 1.54) is 16.8 Å². The molecule has 0 aliphatic carbocycles. The number of amides is 1. The van der Waals surface area contributed by atoms with Crippen molar-refractivity contribution < 1.29 is 4.79 Å². The number of hydrogen-bond donors (Lipinski definition) is 0. The van der Waals surface area contributed by atoms with Crippen LogP contribution in [0.4, 0.5) is 11.5 Å². The topological polar surface area (TPSA) is 63.5 Å². The number of piperazine rings is 1. The lowest BCUT2D eigenvalue weighted by atomic mass is 10.1. The zero-order valence-electron chi connectivity index (χ0n) is 17.9. The summed E-state index contributed by atoms with van der Waals surface area (Å²) in [7, 11) is 0. The van der Waals surface area contributed by atoms with Crippen molar-refractivity contribution in [1.29, 1.82) is 5.26 Å². The highest BCUT2D eigenvalue weighted by atomic mass is 16.2. The highest BCUT2D eigenvalue weighted by Gasteiger charge is 2.23. The van der Waals surface area contributed by atoms with Gasteiger partial charge < -0.3 is 14.7 Å². The molecule has 3 aromatic rings. The first-order chi connectivity index (χ1) is 15.7. The van der Waals surface area contributed by atoms with E-state index in [0.717, 1.165) is 30.9 Å². The minimum Gasteiger partial charge on any atom is -0.367 e. The summed E-state index contributed by atoms with van der Waals surface area (Å²) < 4.78 is 0. The Morgan fingerprint density at radius 1 is 0.969 bits per heavy atom. The molecule has 160 valence electrons. The van der Waals surface area contributed by atoms with Crippen molar-refractivity contribution in [3.63, 3.8) is 0 Å². The standard InChI is InChI=1S/C26H25N5O/c27-18-21-9-11-28-25(17-21)29-13-15-30(16-14-29)26(32)23-7-5-20(6-8-23)19-31-12-10-22-3-1-2-4-24(22)31/h1-9,11,17H,10,12-16,19H2. The summed E-state index contributed by atoms with van der Waals surface area (Å²) in [5.41, 5.74) is 5.28. The number of pyridine rings is 1. The number of rotatable bonds is 4. The van der Waals surface area contributed by atoms with Crippen molar-refractivity contribution in [3.8, 4) is 6.07 Å². The van der Waals surface area contributed by atoms with E-state index in [4.69, 9.17) is 5.26 Å². The van der Waals surface area contributed by atoms with Crippen molar-refractivity contribution in [2.45, 2.75) is 13.0 Å². The molecular weight excluding hydrogens is 398 g/mol. The molecule has 2 aliphatic heterocycles. The Morgan fingerprint density at radius 3 is 2.53 bits per heavy atom. The van der Waals surface area contributed by atoms with Gasteiger partial charge in [-0.3, -0.25) is 4.79 Å². The van der Waals surface area contributed by atoms with Crippen LogP contribution in [0.1, 0.15) is 27.0 Å². The minimum atomic E-state index is 0.0708. The molecule has 2 aromatic carbocycles. The normalized spacial score (nSPS) is 15.4. The maximum atomic E-state index is 13.0. The highest BCUT2D eigenvalue weighted by molar-refractivity contribution is 5.94. The van der Waals surface area contributed by atoms with Crippen LogP contribution in [0.2, 0.25) is 0 Å². The fraction of sp³-hybridized carbons (Fsp3) is 0.269. The zero-order valence-corrected chi connectivity index (χ0v) is 17.9. The summed E-state index contributed by atoms with van der Waals surface area (Å²) in [6.07, 6.45) is 2.75. The van der Waals surface area contributed by atoms with Gasteiger partial charge in [0.05, 0.1) is 11.6 Å². The van der Waals surface area contributed by atoms with Crippen LogP contribution in [0, 0.1) is 11.3 Å². The number of aromatic nitrogens is 1. The van der Waals surface area contributed by atoms with E-state index in [9.17, 15) is 4.79 Å². The van der Waals surface area contributed by atoms with Gasteiger partial charge in [0, 0.05) is 56.7 Å². The largest absolute Gasteiger partial charge is 0.367 e. The molecule has 5 rings (SSSR count). The van der Waals surface area contributed by atoms with Crippen LogP contribution >= 0.6 is 0 Å². The average Bonchev–Trinajstić information content (AvgIpc) is 3.27. The molecule has 0 spiro atoms. The maximum Gasteiger partial charge on any atom is 0.253 e. The van der Waals surface area contributed by atoms with Crippen LogP contribution < -0.4 is 9.80 Å². The Morgan fingerprint density at radius 2 is 1.75 bits per heavy atom. The first-order valence-corrected chi connectivity index (χ1v) is 11.0. The van der Waals surface area contributed by atoms with Crippen LogP contribution in [0.5, 0.6) is 0 Å². The van der Waals surface area contributed by atoms with Crippen LogP contribution in [0.25, 0.3) is 0 Å². The molecule has 1 aromatic heterocycles. The molecule has 2 aliphatic rings. The van der Waals surface area contributed by atoms with Gasteiger partial charge in [-0.25, -0.2) is 4.98 Å². The van der Waals surface area contributed by atoms with Crippen molar-refractivity contribution in [1.82, 2.24) is 9.88 Å². The van der Waals surface area contributed by atoms with Gasteiger partial charge in [-0.2, -0.15) is 5.26 Å². The molecule has 6 nitrogen and oxygen atoms in total. The Bertz CT molecular complexity index is 1160. The van der Waals surface area contributed by atoms with Gasteiger partial charge in [0.15, 0.2) is 0 Å². The van der Waals surface area contributed by atoms with Crippen molar-refractivity contribution in [2.24, 2.45) is 0 Å². The molecule has 0 radical (unpaired) electrons. The van der Waals surface area contributed by atoms with E-state index < -0.39 is 0 Å². The number of nitriles is 1. The lowest BCUT2D eigenvalue weighted by Gasteiger charge is -2.35. The predicted octanol–water partition coefficient (Wildman–Crippen LogP) is 3.48. The maximum absolute atomic E-state index is 13.0. The number of carbonyl (C=O) groups is 1. The van der Waals surface area contributed by atoms with E-state index in [1.807, 2.05) is 17.0 Å². The fourth-order valence-corrected chi connectivity index (χ4v) is 4.53. The van der Waals surface area contributed by atoms with Gasteiger partial charge >= 0.3 is 0 Å². The monoisotopic (exact) mass is 423 g/mol. The van der Waals surface area contributed by atoms with Crippen LogP contribution in [0.3, 0.4) is 0 Å². The second-order valence-electron chi connectivity index (χ2n) is 8.29. The molecule has 0 unspecified atom stereocenters. The van der Waals surface area contributed by atoms with Gasteiger partial charge in [0.2, 0.25) is 0 Å². The molecule has 1 amide bonds. The third-order valence-electron chi connectivity index (χ3n) is 6.32. The number of benzene rings is 2. The summed E-state index contributed by atoms with van der Waals surface area (Å²) in [6, 6.07) is 22.3. The molecule has 1 saturated heterocycles. The number of anilines is 2. The van der Waals surface area contributed by atoms with Crippen molar-refractivity contribution in [2.75, 3.05) is 42.5 Å². The van der Waals surface area contributed by atoms with E-state index in [2.05, 4.69) is 57.3 Å². The fourth-order valence-electron chi connectivity index (χ4n) is 4.53. The highest BCUT2D eigenvalue weighted by Crippen LogP contribution is 2.29. The summed E-state index contributed by atoms with van der Waals surface area (Å²) in [5.74, 6) is 0.866. The summed E-state index contributed by atoms with van der Waals surface area (Å²) in [5, 5.41) is 9.09. The van der Waals surface area contributed by atoms with E-state index in [-0.39, 0.29) is 5.91 Å². The third-order valence-corrected chi connectivity index (χ3v) is 6.32. The number of para-hydroxylation sites is 1. The van der Waals surface area contributed by atoms with Crippen LogP contribution in [-0.2, 0) is 13.0 Å². The van der Waals surface area contributed by atoms with Gasteiger partial charge in [0.25, 0.3) is 5.91 Å². The summed E-state index contributed by atoms with van der Waals surface area (Å²) >= 11 is 0. The van der Waals surface area contributed by atoms with Gasteiger partial charge in [-0.05, 0) is 47.9 Å². The molecule has 0 saturated carbocycles. The first-order valence-electron chi connectivity index (χ1n) is 11.0. The van der Waals surface area contributed by atoms with E-state index >= 15 is 0 Å². The molecule has 32 heavy (non-hydrogen) atoms. The minimum absolute atomic E-state index is 0.0708. The molecule has 0 atom stereocenters. The Hall–Kier alpha value is -3.85. The number of fused-ring (bicyclic) bond motifs is 1. The molecule has 0 bridgehead atoms. The second-order valence-corrected chi connectivity index (χ2v) is 8.29. The summed E-state index contributed by atoms with van der Waals surface area (Å²) in [6.45, 7) is 4.60. The number of nitrogens with zero attached hydrogens (tertiary/aromatic N) is 5. The van der Waals surface area contributed by atoms with Crippen LogP contribution in [0.15, 0.2) is 66.9 Å². The molecule has 0 N–H and O–H groups in total. The molecule has 6 heteroatoms. The van der Waals surface area contributed by atoms with Crippen LogP contribution in [-0.4, -0.2) is 48.5 Å². The smallest absolute Gasteiger partial charge is 0.253 e. The predicted molar refractivity (Wildman–Crippen MR) is 125 cm³/mol. The van der Waals surface area contributed by atoms with Gasteiger partial charge in [-0.1, -0.05) is 30.3 Å². The quantitative estimate of drug-likeness (QED) is 0.643. The van der Waals surface area contributed by atoms with Gasteiger partial charge in [0.1, 0.15) is 5.82 Å². The van der Waals surface area contributed by atoms with Crippen molar-refractivity contribution in [3.05, 3.63) is 89.1 Å². The SMILES string of the molecule is N#Cc1ccnc(N2CCN(C(=O)c3ccc(CN4CCc5ccccc54)cc3)CC2)c1. The van der Waals surface area contributed by atoms with E-state index in [0.29, 0.717) is 31.7 Å². The Balaban J connectivity index is 1.19. The summed E-state index contributed by atoms with van der Waals surface area (Å²) in [4.78, 5) is 23.8. The molecule has 1 fully saturated rings. The van der Waals surface area contributed by atoms with Gasteiger partial charge in [-0.15, -0.1) is 0 Å². The van der Waals surface area contributed by atoms with E-state index in [1.54, 1.807) is 18.3 Å². The second kappa shape index (κ2) is 8.72. The Kier molecular flexibility index (Phi) is 5.47.